The van der Waals surface area contributed by atoms with E-state index in [0.29, 0.717) is 19.0 Å². The van der Waals surface area contributed by atoms with Crippen molar-refractivity contribution in [3.63, 3.8) is 0 Å². The minimum absolute atomic E-state index is 0.122. The SMILES string of the molecule is CC(C)(C)OC(=O)C(NCCN)C1CCCCC1. The van der Waals surface area contributed by atoms with Gasteiger partial charge in [-0.2, -0.15) is 0 Å². The lowest BCUT2D eigenvalue weighted by atomic mass is 9.84. The van der Waals surface area contributed by atoms with E-state index in [1.165, 1.54) is 19.3 Å². The quantitative estimate of drug-likeness (QED) is 0.737. The van der Waals surface area contributed by atoms with Gasteiger partial charge in [-0.1, -0.05) is 19.3 Å². The number of carbonyl (C=O) groups is 1. The van der Waals surface area contributed by atoms with Gasteiger partial charge < -0.3 is 15.8 Å². The summed E-state index contributed by atoms with van der Waals surface area (Å²) in [6.07, 6.45) is 5.94. The zero-order valence-corrected chi connectivity index (χ0v) is 12.0. The van der Waals surface area contributed by atoms with E-state index in [1.807, 2.05) is 20.8 Å². The Bertz CT molecular complexity index is 255. The van der Waals surface area contributed by atoms with Crippen LogP contribution in [0.1, 0.15) is 52.9 Å². The number of nitrogens with one attached hydrogen (secondary N) is 1. The summed E-state index contributed by atoms with van der Waals surface area (Å²) in [6, 6.07) is -0.187. The second-order valence-corrected chi connectivity index (χ2v) is 6.15. The first-order chi connectivity index (χ1) is 8.44. The Balaban J connectivity index is 2.60. The molecule has 0 aromatic heterocycles. The number of hydrogen-bond donors (Lipinski definition) is 2. The van der Waals surface area contributed by atoms with E-state index in [9.17, 15) is 4.79 Å². The molecule has 0 aromatic carbocycles. The first-order valence-electron chi connectivity index (χ1n) is 7.10. The van der Waals surface area contributed by atoms with E-state index in [1.54, 1.807) is 0 Å². The molecule has 18 heavy (non-hydrogen) atoms. The Morgan fingerprint density at radius 3 is 2.44 bits per heavy atom. The van der Waals surface area contributed by atoms with E-state index in [4.69, 9.17) is 10.5 Å². The van der Waals surface area contributed by atoms with Gasteiger partial charge in [0.15, 0.2) is 0 Å². The van der Waals surface area contributed by atoms with Crippen molar-refractivity contribution in [2.45, 2.75) is 64.5 Å². The third-order valence-electron chi connectivity index (χ3n) is 3.29. The summed E-state index contributed by atoms with van der Waals surface area (Å²) in [4.78, 5) is 12.2. The van der Waals surface area contributed by atoms with E-state index in [0.717, 1.165) is 12.8 Å². The molecule has 106 valence electrons. The Morgan fingerprint density at radius 2 is 1.94 bits per heavy atom. The normalized spacial score (nSPS) is 19.6. The molecule has 0 aromatic rings. The highest BCUT2D eigenvalue weighted by Gasteiger charge is 2.32. The number of esters is 1. The van der Waals surface area contributed by atoms with Crippen LogP contribution in [-0.4, -0.2) is 30.7 Å². The Labute approximate surface area is 111 Å². The van der Waals surface area contributed by atoms with Gasteiger partial charge in [0, 0.05) is 13.1 Å². The molecule has 1 aliphatic rings. The van der Waals surface area contributed by atoms with Crippen LogP contribution in [-0.2, 0) is 9.53 Å². The van der Waals surface area contributed by atoms with Crippen LogP contribution in [0.25, 0.3) is 0 Å². The lowest BCUT2D eigenvalue weighted by Gasteiger charge is -2.31. The number of ether oxygens (including phenoxy) is 1. The highest BCUT2D eigenvalue weighted by Crippen LogP contribution is 2.27. The molecule has 0 bridgehead atoms. The molecule has 1 saturated carbocycles. The highest BCUT2D eigenvalue weighted by atomic mass is 16.6. The first kappa shape index (κ1) is 15.4. The van der Waals surface area contributed by atoms with E-state index in [2.05, 4.69) is 5.32 Å². The predicted octanol–water partition coefficient (Wildman–Crippen LogP) is 1.83. The molecule has 4 nitrogen and oxygen atoms in total. The van der Waals surface area contributed by atoms with Gasteiger partial charge in [-0.15, -0.1) is 0 Å². The van der Waals surface area contributed by atoms with Crippen LogP contribution in [0.3, 0.4) is 0 Å². The maximum atomic E-state index is 12.2. The average molecular weight is 256 g/mol. The lowest BCUT2D eigenvalue weighted by Crippen LogP contribution is -2.48. The van der Waals surface area contributed by atoms with Gasteiger partial charge in [0.2, 0.25) is 0 Å². The smallest absolute Gasteiger partial charge is 0.323 e. The third-order valence-corrected chi connectivity index (χ3v) is 3.29. The Hall–Kier alpha value is -0.610. The molecule has 1 atom stereocenters. The van der Waals surface area contributed by atoms with Crippen molar-refractivity contribution in [1.82, 2.24) is 5.32 Å². The standard InChI is InChI=1S/C14H28N2O2/c1-14(2,3)18-13(17)12(16-10-9-15)11-7-5-4-6-8-11/h11-12,16H,4-10,15H2,1-3H3. The van der Waals surface area contributed by atoms with Crippen LogP contribution in [0, 0.1) is 5.92 Å². The molecule has 0 radical (unpaired) electrons. The van der Waals surface area contributed by atoms with E-state index < -0.39 is 5.60 Å². The molecular weight excluding hydrogens is 228 g/mol. The van der Waals surface area contributed by atoms with Crippen LogP contribution in [0.2, 0.25) is 0 Å². The van der Waals surface area contributed by atoms with Crippen LogP contribution in [0.5, 0.6) is 0 Å². The molecule has 0 spiro atoms. The fourth-order valence-corrected chi connectivity index (χ4v) is 2.51. The molecule has 0 heterocycles. The minimum atomic E-state index is -0.422. The summed E-state index contributed by atoms with van der Waals surface area (Å²) in [5, 5.41) is 3.26. The summed E-state index contributed by atoms with van der Waals surface area (Å²) in [7, 11) is 0. The van der Waals surface area contributed by atoms with Gasteiger partial charge >= 0.3 is 5.97 Å². The molecule has 3 N–H and O–H groups in total. The summed E-state index contributed by atoms with van der Waals surface area (Å²) < 4.78 is 5.51. The third kappa shape index (κ3) is 5.36. The second kappa shape index (κ2) is 7.10. The minimum Gasteiger partial charge on any atom is -0.459 e. The number of carbonyl (C=O) groups excluding carboxylic acids is 1. The average Bonchev–Trinajstić information content (AvgIpc) is 2.28. The van der Waals surface area contributed by atoms with Crippen molar-refractivity contribution < 1.29 is 9.53 Å². The van der Waals surface area contributed by atoms with Gasteiger partial charge in [-0.3, -0.25) is 4.79 Å². The van der Waals surface area contributed by atoms with Gasteiger partial charge in [-0.05, 0) is 39.5 Å². The Morgan fingerprint density at radius 1 is 1.33 bits per heavy atom. The fraction of sp³-hybridized carbons (Fsp3) is 0.929. The molecule has 1 aliphatic carbocycles. The van der Waals surface area contributed by atoms with Crippen LogP contribution in [0.4, 0.5) is 0 Å². The topological polar surface area (TPSA) is 64.3 Å². The predicted molar refractivity (Wildman–Crippen MR) is 73.3 cm³/mol. The van der Waals surface area contributed by atoms with Gasteiger partial charge in [0.05, 0.1) is 0 Å². The van der Waals surface area contributed by atoms with Crippen LogP contribution >= 0.6 is 0 Å². The van der Waals surface area contributed by atoms with Crippen molar-refractivity contribution >= 4 is 5.97 Å². The van der Waals surface area contributed by atoms with Crippen molar-refractivity contribution in [3.8, 4) is 0 Å². The van der Waals surface area contributed by atoms with Gasteiger partial charge in [0.25, 0.3) is 0 Å². The zero-order valence-electron chi connectivity index (χ0n) is 12.0. The summed E-state index contributed by atoms with van der Waals surface area (Å²) in [6.45, 7) is 6.94. The van der Waals surface area contributed by atoms with Crippen LogP contribution < -0.4 is 11.1 Å². The largest absolute Gasteiger partial charge is 0.459 e. The summed E-state index contributed by atoms with van der Waals surface area (Å²) in [5.41, 5.74) is 5.10. The van der Waals surface area contributed by atoms with Crippen molar-refractivity contribution in [2.75, 3.05) is 13.1 Å². The zero-order chi connectivity index (χ0) is 13.6. The highest BCUT2D eigenvalue weighted by molar-refractivity contribution is 5.76. The van der Waals surface area contributed by atoms with E-state index >= 15 is 0 Å². The first-order valence-corrected chi connectivity index (χ1v) is 7.10. The molecule has 1 fully saturated rings. The maximum absolute atomic E-state index is 12.2. The van der Waals surface area contributed by atoms with Gasteiger partial charge in [-0.25, -0.2) is 0 Å². The monoisotopic (exact) mass is 256 g/mol. The summed E-state index contributed by atoms with van der Waals surface area (Å²) >= 11 is 0. The van der Waals surface area contributed by atoms with Crippen LogP contribution in [0.15, 0.2) is 0 Å². The molecule has 0 saturated heterocycles. The van der Waals surface area contributed by atoms with Crippen molar-refractivity contribution in [2.24, 2.45) is 11.7 Å². The van der Waals surface area contributed by atoms with Crippen molar-refractivity contribution in [3.05, 3.63) is 0 Å². The number of hydrogen-bond acceptors (Lipinski definition) is 4. The van der Waals surface area contributed by atoms with Gasteiger partial charge in [0.1, 0.15) is 11.6 Å². The maximum Gasteiger partial charge on any atom is 0.323 e. The number of rotatable bonds is 5. The molecular formula is C14H28N2O2. The molecule has 0 amide bonds. The summed E-state index contributed by atoms with van der Waals surface area (Å²) in [5.74, 6) is 0.281. The number of nitrogens with two attached hydrogens (primary N) is 1. The van der Waals surface area contributed by atoms with E-state index in [-0.39, 0.29) is 12.0 Å². The lowest BCUT2D eigenvalue weighted by molar-refractivity contribution is -0.159. The fourth-order valence-electron chi connectivity index (χ4n) is 2.51. The second-order valence-electron chi connectivity index (χ2n) is 6.15. The molecule has 4 heteroatoms. The molecule has 1 unspecified atom stereocenters. The molecule has 0 aliphatic heterocycles. The molecule has 1 rings (SSSR count). The van der Waals surface area contributed by atoms with Crippen molar-refractivity contribution in [1.29, 1.82) is 0 Å². The Kier molecular flexibility index (Phi) is 6.09.